The molecule has 0 aliphatic heterocycles. The van der Waals surface area contributed by atoms with Crippen molar-refractivity contribution < 1.29 is 19.4 Å². The Balaban J connectivity index is 3.09. The summed E-state index contributed by atoms with van der Waals surface area (Å²) in [7, 11) is 1.22. The molecular formula is C11H7BrO4. The highest BCUT2D eigenvalue weighted by Crippen LogP contribution is 2.15. The van der Waals surface area contributed by atoms with Crippen LogP contribution in [0.25, 0.3) is 0 Å². The van der Waals surface area contributed by atoms with Gasteiger partial charge in [-0.1, -0.05) is 21.9 Å². The Kier molecular flexibility index (Phi) is 4.09. The van der Waals surface area contributed by atoms with Crippen molar-refractivity contribution in [3.05, 3.63) is 33.8 Å². The van der Waals surface area contributed by atoms with Crippen molar-refractivity contribution in [1.82, 2.24) is 0 Å². The lowest BCUT2D eigenvalue weighted by Gasteiger charge is -1.97. The summed E-state index contributed by atoms with van der Waals surface area (Å²) < 4.78 is 4.92. The van der Waals surface area contributed by atoms with Gasteiger partial charge in [0, 0.05) is 16.0 Å². The minimum absolute atomic E-state index is 0.101. The Hall–Kier alpha value is -1.80. The molecule has 4 nitrogen and oxygen atoms in total. The van der Waals surface area contributed by atoms with Crippen LogP contribution < -0.4 is 0 Å². The normalized spacial score (nSPS) is 8.88. The minimum Gasteiger partial charge on any atom is -0.478 e. The van der Waals surface area contributed by atoms with Crippen molar-refractivity contribution in [1.29, 1.82) is 0 Å². The van der Waals surface area contributed by atoms with E-state index in [1.54, 1.807) is 6.07 Å². The van der Waals surface area contributed by atoms with Crippen molar-refractivity contribution in [2.45, 2.75) is 0 Å². The zero-order chi connectivity index (χ0) is 12.1. The molecule has 1 rings (SSSR count). The van der Waals surface area contributed by atoms with Gasteiger partial charge in [-0.2, -0.15) is 0 Å². The Bertz CT molecular complexity index is 496. The Morgan fingerprint density at radius 2 is 2.06 bits per heavy atom. The maximum absolute atomic E-state index is 10.8. The summed E-state index contributed by atoms with van der Waals surface area (Å²) >= 11 is 3.16. The van der Waals surface area contributed by atoms with E-state index in [0.717, 1.165) is 0 Å². The van der Waals surface area contributed by atoms with Gasteiger partial charge in [0.05, 0.1) is 12.7 Å². The van der Waals surface area contributed by atoms with E-state index in [-0.39, 0.29) is 5.56 Å². The molecule has 0 amide bonds. The number of carboxylic acids is 1. The number of hydrogen-bond donors (Lipinski definition) is 1. The van der Waals surface area contributed by atoms with E-state index in [9.17, 15) is 9.59 Å². The summed E-state index contributed by atoms with van der Waals surface area (Å²) in [4.78, 5) is 21.5. The highest BCUT2D eigenvalue weighted by atomic mass is 79.9. The fraction of sp³-hybridized carbons (Fsp3) is 0.0909. The predicted octanol–water partition coefficient (Wildman–Crippen LogP) is 1.67. The number of rotatable bonds is 1. The summed E-state index contributed by atoms with van der Waals surface area (Å²) in [5.74, 6) is 3.01. The molecule has 1 N–H and O–H groups in total. The molecule has 0 aromatic heterocycles. The van der Waals surface area contributed by atoms with E-state index >= 15 is 0 Å². The smallest absolute Gasteiger partial charge is 0.384 e. The predicted molar refractivity (Wildman–Crippen MR) is 60.0 cm³/mol. The number of aromatic carboxylic acids is 1. The molecule has 82 valence electrons. The highest BCUT2D eigenvalue weighted by molar-refractivity contribution is 9.10. The topological polar surface area (TPSA) is 63.6 Å². The van der Waals surface area contributed by atoms with E-state index in [1.807, 2.05) is 0 Å². The van der Waals surface area contributed by atoms with Crippen LogP contribution in [0, 0.1) is 11.8 Å². The Labute approximate surface area is 100 Å². The zero-order valence-electron chi connectivity index (χ0n) is 8.28. The van der Waals surface area contributed by atoms with E-state index in [1.165, 1.54) is 19.2 Å². The van der Waals surface area contributed by atoms with Crippen molar-refractivity contribution in [2.24, 2.45) is 0 Å². The number of methoxy groups -OCH3 is 1. The molecule has 0 bridgehead atoms. The molecule has 0 heterocycles. The standard InChI is InChI=1S/C11H7BrO4/c1-16-10(13)3-2-7-4-8(11(14)15)6-9(12)5-7/h4-6H,1H3,(H,14,15). The van der Waals surface area contributed by atoms with Gasteiger partial charge < -0.3 is 9.84 Å². The Morgan fingerprint density at radius 1 is 1.38 bits per heavy atom. The Morgan fingerprint density at radius 3 is 2.62 bits per heavy atom. The number of hydrogen-bond acceptors (Lipinski definition) is 3. The van der Waals surface area contributed by atoms with Gasteiger partial charge in [-0.25, -0.2) is 9.59 Å². The van der Waals surface area contributed by atoms with Crippen LogP contribution in [-0.2, 0) is 9.53 Å². The molecule has 1 aromatic carbocycles. The molecule has 0 radical (unpaired) electrons. The van der Waals surface area contributed by atoms with E-state index < -0.39 is 11.9 Å². The third-order valence-corrected chi connectivity index (χ3v) is 2.10. The van der Waals surface area contributed by atoms with Crippen molar-refractivity contribution in [3.8, 4) is 11.8 Å². The first-order valence-electron chi connectivity index (χ1n) is 4.17. The number of carbonyl (C=O) groups is 2. The molecule has 0 fully saturated rings. The second-order valence-electron chi connectivity index (χ2n) is 2.78. The third-order valence-electron chi connectivity index (χ3n) is 1.64. The van der Waals surface area contributed by atoms with Gasteiger partial charge in [-0.3, -0.25) is 0 Å². The largest absolute Gasteiger partial charge is 0.478 e. The van der Waals surface area contributed by atoms with Gasteiger partial charge in [-0.05, 0) is 18.2 Å². The van der Waals surface area contributed by atoms with Crippen molar-refractivity contribution in [2.75, 3.05) is 7.11 Å². The molecule has 0 atom stereocenters. The monoisotopic (exact) mass is 282 g/mol. The molecule has 0 aliphatic carbocycles. The molecule has 5 heteroatoms. The molecule has 0 saturated carbocycles. The lowest BCUT2D eigenvalue weighted by atomic mass is 10.1. The van der Waals surface area contributed by atoms with Crippen molar-refractivity contribution >= 4 is 27.9 Å². The van der Waals surface area contributed by atoms with Crippen LogP contribution in [0.4, 0.5) is 0 Å². The summed E-state index contributed by atoms with van der Waals surface area (Å²) in [5, 5.41) is 8.80. The summed E-state index contributed by atoms with van der Waals surface area (Å²) in [6.07, 6.45) is 0. The molecule has 0 saturated heterocycles. The minimum atomic E-state index is -1.05. The molecule has 1 aromatic rings. The van der Waals surface area contributed by atoms with E-state index in [4.69, 9.17) is 5.11 Å². The zero-order valence-corrected chi connectivity index (χ0v) is 9.87. The van der Waals surface area contributed by atoms with Crippen LogP contribution in [-0.4, -0.2) is 24.2 Å². The maximum atomic E-state index is 10.8. The summed E-state index contributed by atoms with van der Waals surface area (Å²) in [5.41, 5.74) is 0.528. The first-order valence-corrected chi connectivity index (χ1v) is 4.96. The number of halogens is 1. The molecular weight excluding hydrogens is 276 g/mol. The van der Waals surface area contributed by atoms with Gasteiger partial charge in [0.25, 0.3) is 0 Å². The first-order chi connectivity index (χ1) is 7.52. The second kappa shape index (κ2) is 5.33. The average molecular weight is 283 g/mol. The maximum Gasteiger partial charge on any atom is 0.384 e. The molecule has 16 heavy (non-hydrogen) atoms. The number of esters is 1. The summed E-state index contributed by atoms with van der Waals surface area (Å²) in [6, 6.07) is 4.44. The van der Waals surface area contributed by atoms with Gasteiger partial charge in [-0.15, -0.1) is 0 Å². The number of benzene rings is 1. The van der Waals surface area contributed by atoms with Gasteiger partial charge in [0.2, 0.25) is 0 Å². The van der Waals surface area contributed by atoms with Gasteiger partial charge in [0.1, 0.15) is 0 Å². The lowest BCUT2D eigenvalue weighted by Crippen LogP contribution is -1.97. The fourth-order valence-electron chi connectivity index (χ4n) is 0.960. The SMILES string of the molecule is COC(=O)C#Cc1cc(Br)cc(C(=O)O)c1. The summed E-state index contributed by atoms with van der Waals surface area (Å²) in [6.45, 7) is 0. The van der Waals surface area contributed by atoms with Crippen molar-refractivity contribution in [3.63, 3.8) is 0 Å². The quantitative estimate of drug-likeness (QED) is 0.629. The molecule has 0 unspecified atom stereocenters. The van der Waals surface area contributed by atoms with Gasteiger partial charge >= 0.3 is 11.9 Å². The first kappa shape index (κ1) is 12.3. The van der Waals surface area contributed by atoms with Gasteiger partial charge in [0.15, 0.2) is 0 Å². The number of ether oxygens (including phenoxy) is 1. The second-order valence-corrected chi connectivity index (χ2v) is 3.69. The van der Waals surface area contributed by atoms with Crippen LogP contribution >= 0.6 is 15.9 Å². The van der Waals surface area contributed by atoms with Crippen LogP contribution in [0.15, 0.2) is 22.7 Å². The van der Waals surface area contributed by atoms with Crippen LogP contribution in [0.2, 0.25) is 0 Å². The number of carboxylic acid groups (broad SMARTS) is 1. The highest BCUT2D eigenvalue weighted by Gasteiger charge is 2.04. The molecule has 0 aliphatic rings. The number of carbonyl (C=O) groups excluding carboxylic acids is 1. The lowest BCUT2D eigenvalue weighted by molar-refractivity contribution is -0.133. The average Bonchev–Trinajstić information content (AvgIpc) is 2.25. The third kappa shape index (κ3) is 3.41. The van der Waals surface area contributed by atoms with E-state index in [0.29, 0.717) is 10.0 Å². The fourth-order valence-corrected chi connectivity index (χ4v) is 1.45. The molecule has 0 spiro atoms. The van der Waals surface area contributed by atoms with Crippen LogP contribution in [0.3, 0.4) is 0 Å². The van der Waals surface area contributed by atoms with E-state index in [2.05, 4.69) is 32.5 Å². The van der Waals surface area contributed by atoms with Crippen LogP contribution in [0.5, 0.6) is 0 Å². The van der Waals surface area contributed by atoms with Crippen LogP contribution in [0.1, 0.15) is 15.9 Å².